The predicted octanol–water partition coefficient (Wildman–Crippen LogP) is 1.70. The SMILES string of the molecule is CNC(=O)c1ccn(-c2ccc(C=O)c(Cl)c2)n1. The van der Waals surface area contributed by atoms with Gasteiger partial charge in [0.1, 0.15) is 0 Å². The minimum atomic E-state index is -0.260. The molecule has 0 saturated carbocycles. The molecule has 6 heteroatoms. The molecule has 1 amide bonds. The Kier molecular flexibility index (Phi) is 3.43. The summed E-state index contributed by atoms with van der Waals surface area (Å²) in [4.78, 5) is 22.0. The second-order valence-corrected chi connectivity index (χ2v) is 3.96. The Hall–Kier alpha value is -2.14. The molecule has 0 unspecified atom stereocenters. The summed E-state index contributed by atoms with van der Waals surface area (Å²) >= 11 is 5.92. The van der Waals surface area contributed by atoms with Crippen LogP contribution in [-0.2, 0) is 0 Å². The van der Waals surface area contributed by atoms with Crippen LogP contribution in [0, 0.1) is 0 Å². The standard InChI is InChI=1S/C12H10ClN3O2/c1-14-12(18)11-4-5-16(15-11)9-3-2-8(7-17)10(13)6-9/h2-7H,1H3,(H,14,18). The molecule has 92 valence electrons. The molecule has 5 nitrogen and oxygen atoms in total. The Bertz CT molecular complexity index is 607. The Morgan fingerprint density at radius 1 is 1.44 bits per heavy atom. The molecule has 2 aromatic rings. The van der Waals surface area contributed by atoms with Crippen molar-refractivity contribution in [1.82, 2.24) is 15.1 Å². The predicted molar refractivity (Wildman–Crippen MR) is 67.4 cm³/mol. The van der Waals surface area contributed by atoms with E-state index in [4.69, 9.17) is 11.6 Å². The summed E-state index contributed by atoms with van der Waals surface area (Å²) in [6.07, 6.45) is 2.34. The Labute approximate surface area is 108 Å². The summed E-state index contributed by atoms with van der Waals surface area (Å²) in [5.74, 6) is -0.260. The van der Waals surface area contributed by atoms with Crippen LogP contribution in [0.5, 0.6) is 0 Å². The maximum Gasteiger partial charge on any atom is 0.271 e. The minimum Gasteiger partial charge on any atom is -0.354 e. The molecule has 0 aliphatic carbocycles. The molecular weight excluding hydrogens is 254 g/mol. The largest absolute Gasteiger partial charge is 0.354 e. The molecule has 1 N–H and O–H groups in total. The van der Waals surface area contributed by atoms with Crippen LogP contribution in [0.3, 0.4) is 0 Å². The van der Waals surface area contributed by atoms with Crippen molar-refractivity contribution >= 4 is 23.8 Å². The number of carbonyl (C=O) groups excluding carboxylic acids is 2. The van der Waals surface area contributed by atoms with Crippen LogP contribution < -0.4 is 5.32 Å². The van der Waals surface area contributed by atoms with E-state index in [0.29, 0.717) is 28.3 Å². The summed E-state index contributed by atoms with van der Waals surface area (Å²) in [7, 11) is 1.54. The fraction of sp³-hybridized carbons (Fsp3) is 0.0833. The van der Waals surface area contributed by atoms with Gasteiger partial charge in [0.25, 0.3) is 5.91 Å². The third-order valence-electron chi connectivity index (χ3n) is 2.42. The normalized spacial score (nSPS) is 10.1. The van der Waals surface area contributed by atoms with E-state index in [-0.39, 0.29) is 5.91 Å². The zero-order valence-electron chi connectivity index (χ0n) is 9.55. The van der Waals surface area contributed by atoms with E-state index in [1.807, 2.05) is 0 Å². The second kappa shape index (κ2) is 5.01. The van der Waals surface area contributed by atoms with Crippen molar-refractivity contribution in [3.63, 3.8) is 0 Å². The van der Waals surface area contributed by atoms with Gasteiger partial charge in [-0.25, -0.2) is 4.68 Å². The van der Waals surface area contributed by atoms with Crippen LogP contribution >= 0.6 is 11.6 Å². The summed E-state index contributed by atoms with van der Waals surface area (Å²) in [6.45, 7) is 0. The lowest BCUT2D eigenvalue weighted by molar-refractivity contribution is 0.0957. The van der Waals surface area contributed by atoms with Crippen molar-refractivity contribution in [2.24, 2.45) is 0 Å². The molecule has 0 aliphatic heterocycles. The van der Waals surface area contributed by atoms with Gasteiger partial charge in [-0.2, -0.15) is 5.10 Å². The number of hydrogen-bond acceptors (Lipinski definition) is 3. The maximum atomic E-state index is 11.4. The van der Waals surface area contributed by atoms with E-state index in [2.05, 4.69) is 10.4 Å². The first kappa shape index (κ1) is 12.3. The Morgan fingerprint density at radius 2 is 2.22 bits per heavy atom. The van der Waals surface area contributed by atoms with Crippen LogP contribution in [-0.4, -0.2) is 29.0 Å². The quantitative estimate of drug-likeness (QED) is 0.857. The first-order valence-electron chi connectivity index (χ1n) is 5.18. The van der Waals surface area contributed by atoms with Crippen LogP contribution in [0.15, 0.2) is 30.5 Å². The Balaban J connectivity index is 2.37. The third kappa shape index (κ3) is 2.26. The van der Waals surface area contributed by atoms with Gasteiger partial charge in [0.2, 0.25) is 0 Å². The molecule has 0 radical (unpaired) electrons. The molecule has 0 fully saturated rings. The molecule has 2 rings (SSSR count). The van der Waals surface area contributed by atoms with Crippen LogP contribution in [0.1, 0.15) is 20.8 Å². The number of nitrogens with zero attached hydrogens (tertiary/aromatic N) is 2. The van der Waals surface area contributed by atoms with Crippen molar-refractivity contribution in [3.05, 3.63) is 46.7 Å². The minimum absolute atomic E-state index is 0.260. The van der Waals surface area contributed by atoms with Gasteiger partial charge in [0.05, 0.1) is 10.7 Å². The van der Waals surface area contributed by atoms with Gasteiger partial charge in [-0.05, 0) is 24.3 Å². The van der Waals surface area contributed by atoms with E-state index < -0.39 is 0 Å². The first-order valence-corrected chi connectivity index (χ1v) is 5.56. The molecule has 0 saturated heterocycles. The molecule has 0 atom stereocenters. The zero-order chi connectivity index (χ0) is 13.1. The van der Waals surface area contributed by atoms with Gasteiger partial charge in [-0.1, -0.05) is 11.6 Å². The summed E-state index contributed by atoms with van der Waals surface area (Å²) < 4.78 is 1.52. The van der Waals surface area contributed by atoms with E-state index in [1.165, 1.54) is 11.7 Å². The second-order valence-electron chi connectivity index (χ2n) is 3.55. The molecule has 0 spiro atoms. The number of amides is 1. The molecule has 0 bridgehead atoms. The Morgan fingerprint density at radius 3 is 2.83 bits per heavy atom. The first-order chi connectivity index (χ1) is 8.65. The van der Waals surface area contributed by atoms with E-state index >= 15 is 0 Å². The monoisotopic (exact) mass is 263 g/mol. The van der Waals surface area contributed by atoms with Crippen molar-refractivity contribution in [3.8, 4) is 5.69 Å². The number of carbonyl (C=O) groups is 2. The van der Waals surface area contributed by atoms with E-state index in [9.17, 15) is 9.59 Å². The molecule has 1 heterocycles. The van der Waals surface area contributed by atoms with Crippen LogP contribution in [0.2, 0.25) is 5.02 Å². The van der Waals surface area contributed by atoms with Gasteiger partial charge < -0.3 is 5.32 Å². The van der Waals surface area contributed by atoms with Crippen molar-refractivity contribution < 1.29 is 9.59 Å². The average molecular weight is 264 g/mol. The van der Waals surface area contributed by atoms with Crippen molar-refractivity contribution in [2.45, 2.75) is 0 Å². The number of nitrogens with one attached hydrogen (secondary N) is 1. The smallest absolute Gasteiger partial charge is 0.271 e. The summed E-state index contributed by atoms with van der Waals surface area (Å²) in [5.41, 5.74) is 1.41. The average Bonchev–Trinajstić information content (AvgIpc) is 2.87. The van der Waals surface area contributed by atoms with Crippen molar-refractivity contribution in [2.75, 3.05) is 7.05 Å². The van der Waals surface area contributed by atoms with Crippen LogP contribution in [0.25, 0.3) is 5.69 Å². The zero-order valence-corrected chi connectivity index (χ0v) is 10.3. The summed E-state index contributed by atoms with van der Waals surface area (Å²) in [5, 5.41) is 6.94. The van der Waals surface area contributed by atoms with E-state index in [0.717, 1.165) is 0 Å². The maximum absolute atomic E-state index is 11.4. The van der Waals surface area contributed by atoms with Gasteiger partial charge in [0, 0.05) is 18.8 Å². The van der Waals surface area contributed by atoms with Gasteiger partial charge >= 0.3 is 0 Å². The fourth-order valence-corrected chi connectivity index (χ4v) is 1.69. The number of aldehydes is 1. The molecule has 0 aliphatic rings. The number of benzene rings is 1. The molecule has 18 heavy (non-hydrogen) atoms. The lowest BCUT2D eigenvalue weighted by Crippen LogP contribution is -2.18. The number of aromatic nitrogens is 2. The van der Waals surface area contributed by atoms with Gasteiger partial charge in [-0.3, -0.25) is 9.59 Å². The molecule has 1 aromatic heterocycles. The van der Waals surface area contributed by atoms with Gasteiger partial charge in [0.15, 0.2) is 12.0 Å². The van der Waals surface area contributed by atoms with Crippen LogP contribution in [0.4, 0.5) is 0 Å². The fourth-order valence-electron chi connectivity index (χ4n) is 1.47. The van der Waals surface area contributed by atoms with Crippen molar-refractivity contribution in [1.29, 1.82) is 0 Å². The number of halogens is 1. The number of rotatable bonds is 3. The number of hydrogen-bond donors (Lipinski definition) is 1. The lowest BCUT2D eigenvalue weighted by atomic mass is 10.2. The van der Waals surface area contributed by atoms with Gasteiger partial charge in [-0.15, -0.1) is 0 Å². The van der Waals surface area contributed by atoms with E-state index in [1.54, 1.807) is 30.5 Å². The highest BCUT2D eigenvalue weighted by molar-refractivity contribution is 6.33. The summed E-state index contributed by atoms with van der Waals surface area (Å²) in [6, 6.07) is 6.52. The highest BCUT2D eigenvalue weighted by Crippen LogP contribution is 2.18. The third-order valence-corrected chi connectivity index (χ3v) is 2.75. The lowest BCUT2D eigenvalue weighted by Gasteiger charge is -2.03. The topological polar surface area (TPSA) is 64.0 Å². The molecule has 1 aromatic carbocycles. The molecular formula is C12H10ClN3O2. The highest BCUT2D eigenvalue weighted by atomic mass is 35.5. The highest BCUT2D eigenvalue weighted by Gasteiger charge is 2.09.